The molecule has 2 heterocycles. The molecule has 0 saturated heterocycles. The minimum Gasteiger partial charge on any atom is -0.489 e. The summed E-state index contributed by atoms with van der Waals surface area (Å²) in [5.74, 6) is 1.40. The Labute approximate surface area is 193 Å². The predicted molar refractivity (Wildman–Crippen MR) is 126 cm³/mol. The molecule has 168 valence electrons. The first-order valence-electron chi connectivity index (χ1n) is 11.4. The van der Waals surface area contributed by atoms with Gasteiger partial charge in [0.05, 0.1) is 11.1 Å². The number of rotatable bonds is 6. The zero-order valence-electron chi connectivity index (χ0n) is 19.2. The van der Waals surface area contributed by atoms with Gasteiger partial charge in [-0.1, -0.05) is 42.5 Å². The summed E-state index contributed by atoms with van der Waals surface area (Å²) >= 11 is 0. The number of hydrogen-bond donors (Lipinski definition) is 0. The fraction of sp³-hybridized carbons (Fsp3) is 0.286. The molecule has 0 aliphatic carbocycles. The van der Waals surface area contributed by atoms with Gasteiger partial charge in [0.15, 0.2) is 0 Å². The van der Waals surface area contributed by atoms with Gasteiger partial charge in [-0.2, -0.15) is 0 Å². The van der Waals surface area contributed by atoms with Gasteiger partial charge in [0.25, 0.3) is 11.8 Å². The van der Waals surface area contributed by atoms with Gasteiger partial charge in [0.2, 0.25) is 0 Å². The minimum absolute atomic E-state index is 0.0783. The molecule has 1 unspecified atom stereocenters. The number of carbonyl (C=O) groups is 2. The summed E-state index contributed by atoms with van der Waals surface area (Å²) in [5.41, 5.74) is 6.54. The molecule has 5 rings (SSSR count). The number of benzene rings is 3. The van der Waals surface area contributed by atoms with Crippen LogP contribution in [-0.4, -0.2) is 29.4 Å². The fourth-order valence-electron chi connectivity index (χ4n) is 4.82. The molecule has 0 N–H and O–H groups in total. The molecule has 0 aromatic heterocycles. The number of amides is 2. The number of imide groups is 1. The molecule has 3 aromatic carbocycles. The topological polar surface area (TPSA) is 55.8 Å². The SMILES string of the molecule is Cc1c(C)c2c(c(C)c1OCc1ccccc1)CC(CCN1C(=O)c3ccccc3C1=O)O2. The highest BCUT2D eigenvalue weighted by Gasteiger charge is 2.36. The van der Waals surface area contributed by atoms with E-state index in [2.05, 4.69) is 32.9 Å². The Hall–Kier alpha value is -3.60. The van der Waals surface area contributed by atoms with Gasteiger partial charge in [-0.05, 0) is 55.2 Å². The summed E-state index contributed by atoms with van der Waals surface area (Å²) in [6.45, 7) is 7.08. The molecule has 0 radical (unpaired) electrons. The summed E-state index contributed by atoms with van der Waals surface area (Å²) < 4.78 is 12.6. The van der Waals surface area contributed by atoms with Crippen LogP contribution in [0.3, 0.4) is 0 Å². The number of hydrogen-bond acceptors (Lipinski definition) is 4. The maximum Gasteiger partial charge on any atom is 0.261 e. The average Bonchev–Trinajstić information content (AvgIpc) is 3.37. The summed E-state index contributed by atoms with van der Waals surface area (Å²) in [5, 5.41) is 0. The van der Waals surface area contributed by atoms with E-state index in [0.717, 1.165) is 45.7 Å². The van der Waals surface area contributed by atoms with Crippen LogP contribution in [0, 0.1) is 20.8 Å². The third-order valence-electron chi connectivity index (χ3n) is 6.81. The number of nitrogens with zero attached hydrogens (tertiary/aromatic N) is 1. The van der Waals surface area contributed by atoms with Crippen LogP contribution in [0.5, 0.6) is 11.5 Å². The smallest absolute Gasteiger partial charge is 0.261 e. The van der Waals surface area contributed by atoms with Crippen molar-refractivity contribution >= 4 is 11.8 Å². The summed E-state index contributed by atoms with van der Waals surface area (Å²) in [6, 6.07) is 17.1. The van der Waals surface area contributed by atoms with Crippen LogP contribution in [-0.2, 0) is 13.0 Å². The van der Waals surface area contributed by atoms with Crippen molar-refractivity contribution in [1.29, 1.82) is 0 Å². The predicted octanol–water partition coefficient (Wildman–Crippen LogP) is 5.18. The van der Waals surface area contributed by atoms with Crippen LogP contribution >= 0.6 is 0 Å². The second-order valence-corrected chi connectivity index (χ2v) is 8.83. The molecule has 2 amide bonds. The highest BCUT2D eigenvalue weighted by molar-refractivity contribution is 6.21. The van der Waals surface area contributed by atoms with Gasteiger partial charge in [0, 0.05) is 24.9 Å². The molecule has 0 saturated carbocycles. The Balaban J connectivity index is 1.30. The van der Waals surface area contributed by atoms with Crippen molar-refractivity contribution in [1.82, 2.24) is 4.90 Å². The van der Waals surface area contributed by atoms with Gasteiger partial charge in [-0.3, -0.25) is 14.5 Å². The van der Waals surface area contributed by atoms with Gasteiger partial charge in [0.1, 0.15) is 24.2 Å². The molecule has 0 fully saturated rings. The molecule has 2 aliphatic heterocycles. The second kappa shape index (κ2) is 8.39. The first-order valence-corrected chi connectivity index (χ1v) is 11.4. The highest BCUT2D eigenvalue weighted by Crippen LogP contribution is 2.43. The summed E-state index contributed by atoms with van der Waals surface area (Å²) in [4.78, 5) is 26.7. The molecule has 5 nitrogen and oxygen atoms in total. The quantitative estimate of drug-likeness (QED) is 0.495. The van der Waals surface area contributed by atoms with Crippen molar-refractivity contribution in [3.8, 4) is 11.5 Å². The molecular formula is C28H27NO4. The van der Waals surface area contributed by atoms with Crippen LogP contribution in [0.2, 0.25) is 0 Å². The van der Waals surface area contributed by atoms with E-state index in [1.165, 1.54) is 4.90 Å². The van der Waals surface area contributed by atoms with Gasteiger partial charge in [-0.25, -0.2) is 0 Å². The van der Waals surface area contributed by atoms with Crippen LogP contribution in [0.15, 0.2) is 54.6 Å². The molecule has 33 heavy (non-hydrogen) atoms. The van der Waals surface area contributed by atoms with E-state index in [9.17, 15) is 9.59 Å². The summed E-state index contributed by atoms with van der Waals surface area (Å²) in [6.07, 6.45) is 1.26. The lowest BCUT2D eigenvalue weighted by Gasteiger charge is -2.18. The number of carbonyl (C=O) groups excluding carboxylic acids is 2. The van der Waals surface area contributed by atoms with E-state index in [0.29, 0.717) is 30.7 Å². The van der Waals surface area contributed by atoms with Gasteiger partial charge < -0.3 is 9.47 Å². The van der Waals surface area contributed by atoms with Crippen molar-refractivity contribution < 1.29 is 19.1 Å². The van der Waals surface area contributed by atoms with Gasteiger partial charge >= 0.3 is 0 Å². The zero-order chi connectivity index (χ0) is 23.1. The van der Waals surface area contributed by atoms with E-state index >= 15 is 0 Å². The maximum atomic E-state index is 12.7. The van der Waals surface area contributed by atoms with Crippen LogP contribution < -0.4 is 9.47 Å². The minimum atomic E-state index is -0.217. The number of fused-ring (bicyclic) bond motifs is 2. The van der Waals surface area contributed by atoms with Crippen LogP contribution in [0.1, 0.15) is 55.0 Å². The third-order valence-corrected chi connectivity index (χ3v) is 6.81. The second-order valence-electron chi connectivity index (χ2n) is 8.83. The highest BCUT2D eigenvalue weighted by atomic mass is 16.5. The zero-order valence-corrected chi connectivity index (χ0v) is 19.2. The van der Waals surface area contributed by atoms with E-state index in [1.54, 1.807) is 24.3 Å². The third kappa shape index (κ3) is 3.67. The Bertz CT molecular complexity index is 1210. The Morgan fingerprint density at radius 3 is 2.18 bits per heavy atom. The maximum absolute atomic E-state index is 12.7. The first kappa shape index (κ1) is 21.3. The summed E-state index contributed by atoms with van der Waals surface area (Å²) in [7, 11) is 0. The molecule has 3 aromatic rings. The van der Waals surface area contributed by atoms with Crippen LogP contribution in [0.25, 0.3) is 0 Å². The van der Waals surface area contributed by atoms with Crippen molar-refractivity contribution in [3.05, 3.63) is 93.5 Å². The Kier molecular flexibility index (Phi) is 5.41. The lowest BCUT2D eigenvalue weighted by Crippen LogP contribution is -2.33. The largest absolute Gasteiger partial charge is 0.489 e. The van der Waals surface area contributed by atoms with Crippen molar-refractivity contribution in [2.45, 2.75) is 46.3 Å². The van der Waals surface area contributed by atoms with Crippen molar-refractivity contribution in [2.24, 2.45) is 0 Å². The van der Waals surface area contributed by atoms with E-state index in [4.69, 9.17) is 9.47 Å². The normalized spacial score (nSPS) is 16.6. The lowest BCUT2D eigenvalue weighted by atomic mass is 9.95. The molecule has 2 aliphatic rings. The molecule has 0 spiro atoms. The monoisotopic (exact) mass is 441 g/mol. The molecular weight excluding hydrogens is 414 g/mol. The van der Waals surface area contributed by atoms with E-state index in [1.807, 2.05) is 18.2 Å². The van der Waals surface area contributed by atoms with E-state index in [-0.39, 0.29) is 17.9 Å². The van der Waals surface area contributed by atoms with Crippen molar-refractivity contribution in [2.75, 3.05) is 6.54 Å². The van der Waals surface area contributed by atoms with Gasteiger partial charge in [-0.15, -0.1) is 0 Å². The fourth-order valence-corrected chi connectivity index (χ4v) is 4.82. The number of ether oxygens (including phenoxy) is 2. The Morgan fingerprint density at radius 2 is 1.52 bits per heavy atom. The van der Waals surface area contributed by atoms with Crippen LogP contribution in [0.4, 0.5) is 0 Å². The molecule has 1 atom stereocenters. The average molecular weight is 442 g/mol. The van der Waals surface area contributed by atoms with Crippen molar-refractivity contribution in [3.63, 3.8) is 0 Å². The Morgan fingerprint density at radius 1 is 0.879 bits per heavy atom. The lowest BCUT2D eigenvalue weighted by molar-refractivity contribution is 0.0635. The molecule has 5 heteroatoms. The molecule has 0 bridgehead atoms. The first-order chi connectivity index (χ1) is 16.0. The van der Waals surface area contributed by atoms with E-state index < -0.39 is 0 Å². The standard InChI is InChI=1S/C28H27NO4/c1-17-18(2)26-24(19(3)25(17)32-16-20-9-5-4-6-10-20)15-21(33-26)13-14-29-27(30)22-11-7-8-12-23(22)28(29)31/h4-12,21H,13-16H2,1-3H3.